The van der Waals surface area contributed by atoms with Gasteiger partial charge in [-0.25, -0.2) is 4.39 Å². The third-order valence-electron chi connectivity index (χ3n) is 4.28. The number of carbonyl (C=O) groups is 1. The minimum atomic E-state index is -0.249. The Hall–Kier alpha value is -2.81. The minimum Gasteiger partial charge on any atom is -0.459 e. The number of halogens is 1. The highest BCUT2D eigenvalue weighted by molar-refractivity contribution is 7.99. The molecule has 0 aliphatic carbocycles. The molecule has 0 unspecified atom stereocenters. The molecule has 1 aliphatic rings. The smallest absolute Gasteiger partial charge is 0.284 e. The number of hydrogen-bond acceptors (Lipinski definition) is 7. The van der Waals surface area contributed by atoms with Crippen molar-refractivity contribution in [1.82, 2.24) is 15.1 Å². The van der Waals surface area contributed by atoms with Gasteiger partial charge in [0, 0.05) is 31.9 Å². The second-order valence-electron chi connectivity index (χ2n) is 5.98. The summed E-state index contributed by atoms with van der Waals surface area (Å²) in [7, 11) is 0. The van der Waals surface area contributed by atoms with Gasteiger partial charge in [-0.2, -0.15) is 0 Å². The number of furan rings is 1. The summed E-state index contributed by atoms with van der Waals surface area (Å²) in [4.78, 5) is 16.4. The number of piperazine rings is 1. The highest BCUT2D eigenvalue weighted by atomic mass is 32.2. The molecule has 0 bridgehead atoms. The highest BCUT2D eigenvalue weighted by Crippen LogP contribution is 2.24. The van der Waals surface area contributed by atoms with Crippen molar-refractivity contribution in [3.63, 3.8) is 0 Å². The first kappa shape index (κ1) is 17.6. The molecule has 0 spiro atoms. The zero-order valence-corrected chi connectivity index (χ0v) is 15.2. The molecule has 1 aromatic carbocycles. The van der Waals surface area contributed by atoms with Crippen LogP contribution in [0.3, 0.4) is 0 Å². The van der Waals surface area contributed by atoms with E-state index in [4.69, 9.17) is 8.83 Å². The molecule has 1 fully saturated rings. The third kappa shape index (κ3) is 4.13. The molecular weight excluding hydrogens is 371 g/mol. The molecule has 140 valence electrons. The second kappa shape index (κ2) is 7.83. The fourth-order valence-corrected chi connectivity index (χ4v) is 3.51. The average Bonchev–Trinajstić information content (AvgIpc) is 3.38. The van der Waals surface area contributed by atoms with E-state index < -0.39 is 0 Å². The summed E-state index contributed by atoms with van der Waals surface area (Å²) in [5, 5.41) is 8.17. The van der Waals surface area contributed by atoms with Gasteiger partial charge in [0.1, 0.15) is 5.82 Å². The number of benzene rings is 1. The molecule has 1 amide bonds. The lowest BCUT2D eigenvalue weighted by Crippen LogP contribution is -2.49. The van der Waals surface area contributed by atoms with Crippen LogP contribution >= 0.6 is 11.8 Å². The lowest BCUT2D eigenvalue weighted by atomic mass is 10.2. The number of aromatic nitrogens is 2. The van der Waals surface area contributed by atoms with Crippen LogP contribution in [0, 0.1) is 5.82 Å². The van der Waals surface area contributed by atoms with Crippen LogP contribution in [0.15, 0.2) is 56.7 Å². The van der Waals surface area contributed by atoms with Crippen molar-refractivity contribution in [2.45, 2.75) is 5.22 Å². The summed E-state index contributed by atoms with van der Waals surface area (Å²) >= 11 is 1.21. The first-order valence-corrected chi connectivity index (χ1v) is 9.46. The molecule has 0 saturated carbocycles. The van der Waals surface area contributed by atoms with Crippen LogP contribution in [-0.2, 0) is 4.79 Å². The van der Waals surface area contributed by atoms with Crippen LogP contribution in [-0.4, -0.2) is 52.9 Å². The van der Waals surface area contributed by atoms with E-state index in [1.807, 2.05) is 4.90 Å². The van der Waals surface area contributed by atoms with Crippen molar-refractivity contribution < 1.29 is 18.0 Å². The normalized spacial score (nSPS) is 14.6. The van der Waals surface area contributed by atoms with Crippen molar-refractivity contribution >= 4 is 23.4 Å². The van der Waals surface area contributed by atoms with Crippen molar-refractivity contribution in [3.05, 3.63) is 48.5 Å². The highest BCUT2D eigenvalue weighted by Gasteiger charge is 2.22. The quantitative estimate of drug-likeness (QED) is 0.622. The predicted molar refractivity (Wildman–Crippen MR) is 97.9 cm³/mol. The van der Waals surface area contributed by atoms with Crippen LogP contribution in [0.1, 0.15) is 0 Å². The Kier molecular flexibility index (Phi) is 5.10. The van der Waals surface area contributed by atoms with Gasteiger partial charge in [0.25, 0.3) is 11.1 Å². The third-order valence-corrected chi connectivity index (χ3v) is 5.08. The van der Waals surface area contributed by atoms with Crippen molar-refractivity contribution in [2.24, 2.45) is 0 Å². The second-order valence-corrected chi connectivity index (χ2v) is 6.91. The van der Waals surface area contributed by atoms with Crippen LogP contribution < -0.4 is 4.90 Å². The molecule has 27 heavy (non-hydrogen) atoms. The summed E-state index contributed by atoms with van der Waals surface area (Å²) < 4.78 is 23.7. The van der Waals surface area contributed by atoms with Crippen molar-refractivity contribution in [2.75, 3.05) is 36.8 Å². The molecule has 4 rings (SSSR count). The number of amides is 1. The van der Waals surface area contributed by atoms with Crippen molar-refractivity contribution in [1.29, 1.82) is 0 Å². The number of rotatable bonds is 5. The maximum atomic E-state index is 13.0. The molecule has 0 radical (unpaired) electrons. The van der Waals surface area contributed by atoms with E-state index in [2.05, 4.69) is 15.1 Å². The zero-order valence-electron chi connectivity index (χ0n) is 14.4. The van der Waals surface area contributed by atoms with Gasteiger partial charge in [-0.1, -0.05) is 11.8 Å². The largest absolute Gasteiger partial charge is 0.459 e. The van der Waals surface area contributed by atoms with Gasteiger partial charge >= 0.3 is 0 Å². The molecule has 0 N–H and O–H groups in total. The average molecular weight is 388 g/mol. The Morgan fingerprint density at radius 2 is 1.89 bits per heavy atom. The first-order chi connectivity index (χ1) is 13.2. The number of anilines is 1. The lowest BCUT2D eigenvalue weighted by Gasteiger charge is -2.36. The maximum absolute atomic E-state index is 13.0. The van der Waals surface area contributed by atoms with Gasteiger partial charge in [0.05, 0.1) is 12.0 Å². The van der Waals surface area contributed by atoms with E-state index in [0.29, 0.717) is 43.1 Å². The van der Waals surface area contributed by atoms with Gasteiger partial charge in [0.2, 0.25) is 5.91 Å². The fourth-order valence-electron chi connectivity index (χ4n) is 2.85. The standard InChI is InChI=1S/C18H17FN4O3S/c19-13-3-5-14(6-4-13)22-7-9-23(10-8-22)16(24)12-27-18-21-20-17(26-18)15-2-1-11-25-15/h1-6,11H,7-10,12H2. The Morgan fingerprint density at radius 1 is 1.11 bits per heavy atom. The summed E-state index contributed by atoms with van der Waals surface area (Å²) in [6.07, 6.45) is 1.53. The van der Waals surface area contributed by atoms with Crippen LogP contribution in [0.4, 0.5) is 10.1 Å². The molecule has 7 nitrogen and oxygen atoms in total. The lowest BCUT2D eigenvalue weighted by molar-refractivity contribution is -0.128. The van der Waals surface area contributed by atoms with E-state index in [-0.39, 0.29) is 17.5 Å². The Morgan fingerprint density at radius 3 is 2.59 bits per heavy atom. The molecule has 0 atom stereocenters. The first-order valence-electron chi connectivity index (χ1n) is 8.47. The molecular formula is C18H17FN4O3S. The Balaban J connectivity index is 1.27. The Bertz CT molecular complexity index is 890. The molecule has 1 saturated heterocycles. The predicted octanol–water partition coefficient (Wildman–Crippen LogP) is 2.91. The van der Waals surface area contributed by atoms with Gasteiger partial charge in [-0.3, -0.25) is 4.79 Å². The number of hydrogen-bond donors (Lipinski definition) is 0. The van der Waals surface area contributed by atoms with E-state index >= 15 is 0 Å². The van der Waals surface area contributed by atoms with Crippen LogP contribution in [0.5, 0.6) is 0 Å². The zero-order chi connectivity index (χ0) is 18.6. The number of carbonyl (C=O) groups excluding carboxylic acids is 1. The van der Waals surface area contributed by atoms with Gasteiger partial charge in [-0.15, -0.1) is 10.2 Å². The van der Waals surface area contributed by atoms with E-state index in [1.54, 1.807) is 24.3 Å². The monoisotopic (exact) mass is 388 g/mol. The van der Waals surface area contributed by atoms with Gasteiger partial charge < -0.3 is 18.6 Å². The maximum Gasteiger partial charge on any atom is 0.284 e. The SMILES string of the molecule is O=C(CSc1nnc(-c2ccco2)o1)N1CCN(c2ccc(F)cc2)CC1. The Labute approximate surface area is 159 Å². The van der Waals surface area contributed by atoms with E-state index in [0.717, 1.165) is 5.69 Å². The minimum absolute atomic E-state index is 0.0245. The summed E-state index contributed by atoms with van der Waals surface area (Å²) in [6, 6.07) is 9.88. The summed E-state index contributed by atoms with van der Waals surface area (Å²) in [6.45, 7) is 2.67. The van der Waals surface area contributed by atoms with Crippen LogP contribution in [0.2, 0.25) is 0 Å². The molecule has 2 aromatic heterocycles. The van der Waals surface area contributed by atoms with Gasteiger partial charge in [-0.05, 0) is 36.4 Å². The number of thioether (sulfide) groups is 1. The van der Waals surface area contributed by atoms with E-state index in [1.165, 1.54) is 30.2 Å². The van der Waals surface area contributed by atoms with Crippen molar-refractivity contribution in [3.8, 4) is 11.7 Å². The van der Waals surface area contributed by atoms with E-state index in [9.17, 15) is 9.18 Å². The molecule has 3 heterocycles. The summed E-state index contributed by atoms with van der Waals surface area (Å²) in [5.41, 5.74) is 0.967. The molecule has 3 aromatic rings. The molecule has 9 heteroatoms. The van der Waals surface area contributed by atoms with Gasteiger partial charge in [0.15, 0.2) is 5.76 Å². The van der Waals surface area contributed by atoms with Crippen LogP contribution in [0.25, 0.3) is 11.7 Å². The molecule has 1 aliphatic heterocycles. The number of nitrogens with zero attached hydrogens (tertiary/aromatic N) is 4. The summed E-state index contributed by atoms with van der Waals surface area (Å²) in [5.74, 6) is 0.800. The topological polar surface area (TPSA) is 75.6 Å². The fraction of sp³-hybridized carbons (Fsp3) is 0.278.